The lowest BCUT2D eigenvalue weighted by Gasteiger charge is -2.17. The molecule has 0 unspecified atom stereocenters. The Morgan fingerprint density at radius 1 is 0.957 bits per heavy atom. The van der Waals surface area contributed by atoms with Crippen molar-refractivity contribution in [2.75, 3.05) is 13.6 Å². The maximum Gasteiger partial charge on any atom is 0.0346 e. The summed E-state index contributed by atoms with van der Waals surface area (Å²) in [6.07, 6.45) is 9.97. The Hall–Kier alpha value is -2.26. The minimum Gasteiger partial charge on any atom is -0.302 e. The molecular formula is C20H23N3. The van der Waals surface area contributed by atoms with E-state index < -0.39 is 0 Å². The van der Waals surface area contributed by atoms with E-state index in [4.69, 9.17) is 0 Å². The fourth-order valence-corrected chi connectivity index (χ4v) is 2.95. The molecule has 0 amide bonds. The van der Waals surface area contributed by atoms with Gasteiger partial charge in [-0.3, -0.25) is 9.97 Å². The van der Waals surface area contributed by atoms with E-state index in [2.05, 4.69) is 59.2 Å². The first-order valence-electron chi connectivity index (χ1n) is 8.13. The van der Waals surface area contributed by atoms with Gasteiger partial charge >= 0.3 is 0 Å². The lowest BCUT2D eigenvalue weighted by molar-refractivity contribution is 0.321. The van der Waals surface area contributed by atoms with Crippen LogP contribution in [0.1, 0.15) is 23.1 Å². The van der Waals surface area contributed by atoms with Gasteiger partial charge in [0.25, 0.3) is 0 Å². The van der Waals surface area contributed by atoms with Crippen molar-refractivity contribution in [3.63, 3.8) is 0 Å². The topological polar surface area (TPSA) is 29.0 Å². The highest BCUT2D eigenvalue weighted by Crippen LogP contribution is 2.18. The first kappa shape index (κ1) is 15.6. The van der Waals surface area contributed by atoms with Crippen LogP contribution >= 0.6 is 0 Å². The van der Waals surface area contributed by atoms with E-state index >= 15 is 0 Å². The standard InChI is InChI=1S/C20H23N3/c1-16-9-10-21-14-19(16)15-23(2)11-5-7-18-13-22-12-17-6-3-4-8-20(17)18/h3-4,6,8-10,12-14H,5,7,11,15H2,1-2H3. The molecule has 3 nitrogen and oxygen atoms in total. The van der Waals surface area contributed by atoms with Gasteiger partial charge in [0.1, 0.15) is 0 Å². The average Bonchev–Trinajstić information content (AvgIpc) is 2.57. The lowest BCUT2D eigenvalue weighted by atomic mass is 10.0. The highest BCUT2D eigenvalue weighted by Gasteiger charge is 2.05. The molecule has 2 aromatic heterocycles. The van der Waals surface area contributed by atoms with E-state index in [-0.39, 0.29) is 0 Å². The highest BCUT2D eigenvalue weighted by molar-refractivity contribution is 5.84. The Kier molecular flexibility index (Phi) is 4.99. The summed E-state index contributed by atoms with van der Waals surface area (Å²) < 4.78 is 0. The van der Waals surface area contributed by atoms with Crippen LogP contribution in [0.5, 0.6) is 0 Å². The van der Waals surface area contributed by atoms with E-state index in [1.54, 1.807) is 0 Å². The Labute approximate surface area is 138 Å². The van der Waals surface area contributed by atoms with Gasteiger partial charge in [-0.15, -0.1) is 0 Å². The number of benzene rings is 1. The van der Waals surface area contributed by atoms with Crippen LogP contribution in [0, 0.1) is 6.92 Å². The second-order valence-electron chi connectivity index (χ2n) is 6.16. The molecule has 118 valence electrons. The van der Waals surface area contributed by atoms with E-state index in [0.717, 1.165) is 25.9 Å². The predicted octanol–water partition coefficient (Wildman–Crippen LogP) is 4.00. The van der Waals surface area contributed by atoms with Crippen LogP contribution in [-0.2, 0) is 13.0 Å². The van der Waals surface area contributed by atoms with Gasteiger partial charge in [-0.25, -0.2) is 0 Å². The second kappa shape index (κ2) is 7.34. The summed E-state index contributed by atoms with van der Waals surface area (Å²) in [5.41, 5.74) is 3.96. The van der Waals surface area contributed by atoms with Crippen LogP contribution < -0.4 is 0 Å². The number of hydrogen-bond acceptors (Lipinski definition) is 3. The molecule has 0 aliphatic carbocycles. The third-order valence-electron chi connectivity index (χ3n) is 4.32. The summed E-state index contributed by atoms with van der Waals surface area (Å²) in [5, 5.41) is 2.55. The molecule has 0 bridgehead atoms. The number of pyridine rings is 2. The van der Waals surface area contributed by atoms with Crippen molar-refractivity contribution in [1.29, 1.82) is 0 Å². The average molecular weight is 305 g/mol. The molecule has 1 aromatic carbocycles. The van der Waals surface area contributed by atoms with Crippen molar-refractivity contribution < 1.29 is 0 Å². The molecule has 23 heavy (non-hydrogen) atoms. The smallest absolute Gasteiger partial charge is 0.0346 e. The molecule has 0 atom stereocenters. The first-order valence-corrected chi connectivity index (χ1v) is 8.13. The fraction of sp³-hybridized carbons (Fsp3) is 0.300. The molecule has 0 aliphatic rings. The second-order valence-corrected chi connectivity index (χ2v) is 6.16. The summed E-state index contributed by atoms with van der Waals surface area (Å²) >= 11 is 0. The number of aryl methyl sites for hydroxylation is 2. The van der Waals surface area contributed by atoms with Crippen LogP contribution in [0.3, 0.4) is 0 Å². The van der Waals surface area contributed by atoms with Crippen LogP contribution in [0.25, 0.3) is 10.8 Å². The molecule has 3 heteroatoms. The van der Waals surface area contributed by atoms with Gasteiger partial charge in [0.15, 0.2) is 0 Å². The molecule has 0 fully saturated rings. The fourth-order valence-electron chi connectivity index (χ4n) is 2.95. The van der Waals surface area contributed by atoms with Crippen LogP contribution in [0.15, 0.2) is 55.1 Å². The molecule has 2 heterocycles. The number of rotatable bonds is 6. The Morgan fingerprint density at radius 2 is 1.78 bits per heavy atom. The summed E-state index contributed by atoms with van der Waals surface area (Å²) in [6, 6.07) is 10.6. The SMILES string of the molecule is Cc1ccncc1CN(C)CCCc1cncc2ccccc12. The minimum atomic E-state index is 0.952. The third-order valence-corrected chi connectivity index (χ3v) is 4.32. The zero-order valence-electron chi connectivity index (χ0n) is 13.9. The Bertz CT molecular complexity index is 777. The van der Waals surface area contributed by atoms with Crippen molar-refractivity contribution in [2.24, 2.45) is 0 Å². The first-order chi connectivity index (χ1) is 11.2. The molecule has 3 rings (SSSR count). The van der Waals surface area contributed by atoms with Crippen molar-refractivity contribution in [2.45, 2.75) is 26.3 Å². The zero-order valence-corrected chi connectivity index (χ0v) is 13.9. The maximum atomic E-state index is 4.37. The van der Waals surface area contributed by atoms with Crippen molar-refractivity contribution in [1.82, 2.24) is 14.9 Å². The zero-order chi connectivity index (χ0) is 16.1. The van der Waals surface area contributed by atoms with Gasteiger partial charge in [-0.2, -0.15) is 0 Å². The minimum absolute atomic E-state index is 0.952. The van der Waals surface area contributed by atoms with Gasteiger partial charge in [-0.1, -0.05) is 24.3 Å². The molecule has 0 spiro atoms. The molecule has 0 aliphatic heterocycles. The number of fused-ring (bicyclic) bond motifs is 1. The van der Waals surface area contributed by atoms with Gasteiger partial charge in [-0.05, 0) is 61.5 Å². The van der Waals surface area contributed by atoms with Crippen LogP contribution in [0.4, 0.5) is 0 Å². The van der Waals surface area contributed by atoms with Crippen LogP contribution in [0.2, 0.25) is 0 Å². The van der Waals surface area contributed by atoms with E-state index in [0.29, 0.717) is 0 Å². The normalized spacial score (nSPS) is 11.3. The summed E-state index contributed by atoms with van der Waals surface area (Å²) in [7, 11) is 2.17. The summed E-state index contributed by atoms with van der Waals surface area (Å²) in [5.74, 6) is 0. The van der Waals surface area contributed by atoms with Gasteiger partial charge in [0.2, 0.25) is 0 Å². The van der Waals surface area contributed by atoms with Crippen LogP contribution in [-0.4, -0.2) is 28.5 Å². The molecular weight excluding hydrogens is 282 g/mol. The largest absolute Gasteiger partial charge is 0.302 e. The third kappa shape index (κ3) is 3.93. The molecule has 0 N–H and O–H groups in total. The van der Waals surface area contributed by atoms with E-state index in [1.807, 2.05) is 24.8 Å². The van der Waals surface area contributed by atoms with Crippen molar-refractivity contribution >= 4 is 10.8 Å². The molecule has 3 aromatic rings. The van der Waals surface area contributed by atoms with Crippen molar-refractivity contribution in [3.8, 4) is 0 Å². The van der Waals surface area contributed by atoms with E-state index in [1.165, 1.54) is 27.5 Å². The molecule has 0 radical (unpaired) electrons. The van der Waals surface area contributed by atoms with E-state index in [9.17, 15) is 0 Å². The lowest BCUT2D eigenvalue weighted by Crippen LogP contribution is -2.20. The Balaban J connectivity index is 1.57. The molecule has 0 saturated carbocycles. The number of nitrogens with zero attached hydrogens (tertiary/aromatic N) is 3. The predicted molar refractivity (Wildman–Crippen MR) is 95.4 cm³/mol. The molecule has 0 saturated heterocycles. The summed E-state index contributed by atoms with van der Waals surface area (Å²) in [6.45, 7) is 4.16. The Morgan fingerprint density at radius 3 is 2.65 bits per heavy atom. The van der Waals surface area contributed by atoms with Crippen molar-refractivity contribution in [3.05, 3.63) is 71.8 Å². The number of aromatic nitrogens is 2. The quantitative estimate of drug-likeness (QED) is 0.689. The monoisotopic (exact) mass is 305 g/mol. The van der Waals surface area contributed by atoms with Gasteiger partial charge in [0.05, 0.1) is 0 Å². The van der Waals surface area contributed by atoms with Gasteiger partial charge in [0, 0.05) is 36.7 Å². The summed E-state index contributed by atoms with van der Waals surface area (Å²) in [4.78, 5) is 11.0. The highest BCUT2D eigenvalue weighted by atomic mass is 15.1. The van der Waals surface area contributed by atoms with Gasteiger partial charge < -0.3 is 4.90 Å². The number of hydrogen-bond donors (Lipinski definition) is 0. The maximum absolute atomic E-state index is 4.37.